The highest BCUT2D eigenvalue weighted by Gasteiger charge is 2.41. The Morgan fingerprint density at radius 1 is 1.11 bits per heavy atom. The van der Waals surface area contributed by atoms with E-state index < -0.39 is 0 Å². The molecule has 0 unspecified atom stereocenters. The molecule has 19 heavy (non-hydrogen) atoms. The van der Waals surface area contributed by atoms with E-state index in [4.69, 9.17) is 0 Å². The molecule has 1 aromatic carbocycles. The molecule has 0 saturated heterocycles. The first-order chi connectivity index (χ1) is 9.20. The minimum absolute atomic E-state index is 0.0777. The third-order valence-electron chi connectivity index (χ3n) is 3.99. The van der Waals surface area contributed by atoms with Gasteiger partial charge in [-0.1, -0.05) is 44.2 Å². The molecular formula is C17H17NO. The SMILES string of the molecule is CC(C)[C@H]1c2ccccc2C(=O)[C@@H]1c1cccnc1. The van der Waals surface area contributed by atoms with Gasteiger partial charge in [0, 0.05) is 23.9 Å². The molecule has 0 aliphatic heterocycles. The van der Waals surface area contributed by atoms with Gasteiger partial charge in [-0.2, -0.15) is 0 Å². The zero-order chi connectivity index (χ0) is 13.4. The molecule has 2 atom stereocenters. The maximum Gasteiger partial charge on any atom is 0.171 e. The van der Waals surface area contributed by atoms with E-state index in [1.54, 1.807) is 6.20 Å². The first-order valence-electron chi connectivity index (χ1n) is 6.73. The number of Topliss-reactive ketones (excluding diaryl/α,β-unsaturated/α-hetero) is 1. The number of hydrogen-bond acceptors (Lipinski definition) is 2. The van der Waals surface area contributed by atoms with Crippen LogP contribution in [0.25, 0.3) is 0 Å². The van der Waals surface area contributed by atoms with Gasteiger partial charge in [-0.25, -0.2) is 0 Å². The molecule has 0 N–H and O–H groups in total. The molecule has 0 saturated carbocycles. The van der Waals surface area contributed by atoms with Gasteiger partial charge in [0.1, 0.15) is 0 Å². The summed E-state index contributed by atoms with van der Waals surface area (Å²) in [4.78, 5) is 16.9. The Morgan fingerprint density at radius 2 is 1.89 bits per heavy atom. The highest BCUT2D eigenvalue weighted by atomic mass is 16.1. The second kappa shape index (κ2) is 4.61. The van der Waals surface area contributed by atoms with Crippen molar-refractivity contribution in [3.05, 3.63) is 65.5 Å². The lowest BCUT2D eigenvalue weighted by Gasteiger charge is -2.23. The molecule has 2 heteroatoms. The molecule has 1 aliphatic rings. The molecule has 2 aromatic rings. The number of pyridine rings is 1. The summed E-state index contributed by atoms with van der Waals surface area (Å²) in [6.07, 6.45) is 3.57. The summed E-state index contributed by atoms with van der Waals surface area (Å²) in [5.74, 6) is 0.846. The third kappa shape index (κ3) is 1.88. The Hall–Kier alpha value is -1.96. The molecule has 0 fully saturated rings. The van der Waals surface area contributed by atoms with Crippen molar-refractivity contribution in [3.8, 4) is 0 Å². The number of hydrogen-bond donors (Lipinski definition) is 0. The largest absolute Gasteiger partial charge is 0.293 e. The van der Waals surface area contributed by atoms with Crippen molar-refractivity contribution >= 4 is 5.78 Å². The standard InChI is InChI=1S/C17H17NO/c1-11(2)15-13-7-3-4-8-14(13)17(19)16(15)12-6-5-9-18-10-12/h3-11,15-16H,1-2H3/t15-,16+/m0/s1. The van der Waals surface area contributed by atoms with Crippen LogP contribution in [0.5, 0.6) is 0 Å². The Labute approximate surface area is 113 Å². The fraction of sp³-hybridized carbons (Fsp3) is 0.294. The van der Waals surface area contributed by atoms with E-state index in [1.165, 1.54) is 5.56 Å². The van der Waals surface area contributed by atoms with Gasteiger partial charge in [-0.05, 0) is 23.1 Å². The monoisotopic (exact) mass is 251 g/mol. The van der Waals surface area contributed by atoms with E-state index in [2.05, 4.69) is 24.9 Å². The second-order valence-corrected chi connectivity index (χ2v) is 5.49. The summed E-state index contributed by atoms with van der Waals surface area (Å²) in [6, 6.07) is 11.9. The van der Waals surface area contributed by atoms with Crippen molar-refractivity contribution in [2.24, 2.45) is 5.92 Å². The fourth-order valence-corrected chi connectivity index (χ4v) is 3.18. The highest BCUT2D eigenvalue weighted by Crippen LogP contribution is 2.47. The third-order valence-corrected chi connectivity index (χ3v) is 3.99. The van der Waals surface area contributed by atoms with Gasteiger partial charge < -0.3 is 0 Å². The van der Waals surface area contributed by atoms with Crippen molar-refractivity contribution in [2.75, 3.05) is 0 Å². The van der Waals surface area contributed by atoms with Crippen LogP contribution in [0.15, 0.2) is 48.8 Å². The molecule has 0 bridgehead atoms. The molecule has 0 radical (unpaired) electrons. The summed E-state index contributed by atoms with van der Waals surface area (Å²) in [6.45, 7) is 4.37. The zero-order valence-corrected chi connectivity index (χ0v) is 11.2. The molecule has 1 aliphatic carbocycles. The van der Waals surface area contributed by atoms with Gasteiger partial charge >= 0.3 is 0 Å². The van der Waals surface area contributed by atoms with Crippen LogP contribution in [-0.2, 0) is 0 Å². The van der Waals surface area contributed by atoms with Crippen LogP contribution in [0.4, 0.5) is 0 Å². The van der Waals surface area contributed by atoms with E-state index >= 15 is 0 Å². The Morgan fingerprint density at radius 3 is 2.58 bits per heavy atom. The molecule has 0 amide bonds. The zero-order valence-electron chi connectivity index (χ0n) is 11.2. The summed E-state index contributed by atoms with van der Waals surface area (Å²) in [7, 11) is 0. The number of rotatable bonds is 2. The smallest absolute Gasteiger partial charge is 0.171 e. The van der Waals surface area contributed by atoms with Crippen LogP contribution in [0.3, 0.4) is 0 Å². The van der Waals surface area contributed by atoms with Crippen LogP contribution in [0.1, 0.15) is 47.2 Å². The Balaban J connectivity index is 2.14. The predicted molar refractivity (Wildman–Crippen MR) is 75.3 cm³/mol. The topological polar surface area (TPSA) is 30.0 Å². The minimum atomic E-state index is -0.0777. The number of aromatic nitrogens is 1. The lowest BCUT2D eigenvalue weighted by Crippen LogP contribution is -2.16. The van der Waals surface area contributed by atoms with Crippen molar-refractivity contribution in [2.45, 2.75) is 25.7 Å². The normalized spacial score (nSPS) is 21.7. The number of carbonyl (C=O) groups excluding carboxylic acids is 1. The maximum absolute atomic E-state index is 12.7. The summed E-state index contributed by atoms with van der Waals surface area (Å²) in [5, 5.41) is 0. The van der Waals surface area contributed by atoms with Crippen molar-refractivity contribution in [1.29, 1.82) is 0 Å². The molecule has 3 rings (SSSR count). The van der Waals surface area contributed by atoms with Gasteiger partial charge in [0.05, 0.1) is 5.92 Å². The number of benzene rings is 1. The van der Waals surface area contributed by atoms with E-state index in [9.17, 15) is 4.79 Å². The molecule has 96 valence electrons. The second-order valence-electron chi connectivity index (χ2n) is 5.49. The predicted octanol–water partition coefficient (Wildman–Crippen LogP) is 3.80. The number of fused-ring (bicyclic) bond motifs is 1. The lowest BCUT2D eigenvalue weighted by atomic mass is 9.80. The van der Waals surface area contributed by atoms with Crippen LogP contribution in [0.2, 0.25) is 0 Å². The van der Waals surface area contributed by atoms with Crippen LogP contribution in [0, 0.1) is 5.92 Å². The Bertz CT molecular complexity index is 604. The van der Waals surface area contributed by atoms with Crippen LogP contribution < -0.4 is 0 Å². The van der Waals surface area contributed by atoms with Crippen molar-refractivity contribution < 1.29 is 4.79 Å². The van der Waals surface area contributed by atoms with Gasteiger partial charge in [-0.3, -0.25) is 9.78 Å². The van der Waals surface area contributed by atoms with Gasteiger partial charge in [0.2, 0.25) is 0 Å². The van der Waals surface area contributed by atoms with Crippen LogP contribution >= 0.6 is 0 Å². The molecule has 0 spiro atoms. The summed E-state index contributed by atoms with van der Waals surface area (Å²) >= 11 is 0. The molecular weight excluding hydrogens is 234 g/mol. The number of carbonyl (C=O) groups is 1. The van der Waals surface area contributed by atoms with E-state index in [-0.39, 0.29) is 17.6 Å². The molecule has 1 heterocycles. The van der Waals surface area contributed by atoms with Gasteiger partial charge in [0.25, 0.3) is 0 Å². The quantitative estimate of drug-likeness (QED) is 0.812. The first-order valence-corrected chi connectivity index (χ1v) is 6.73. The minimum Gasteiger partial charge on any atom is -0.293 e. The highest BCUT2D eigenvalue weighted by molar-refractivity contribution is 6.06. The van der Waals surface area contributed by atoms with E-state index in [1.807, 2.05) is 36.5 Å². The van der Waals surface area contributed by atoms with Crippen molar-refractivity contribution in [1.82, 2.24) is 4.98 Å². The Kier molecular flexibility index (Phi) is 2.94. The molecule has 1 aromatic heterocycles. The average molecular weight is 251 g/mol. The van der Waals surface area contributed by atoms with Crippen LogP contribution in [-0.4, -0.2) is 10.8 Å². The van der Waals surface area contributed by atoms with Gasteiger partial charge in [-0.15, -0.1) is 0 Å². The molecule has 2 nitrogen and oxygen atoms in total. The summed E-state index contributed by atoms with van der Waals surface area (Å²) < 4.78 is 0. The van der Waals surface area contributed by atoms with E-state index in [0.717, 1.165) is 11.1 Å². The number of ketones is 1. The summed E-state index contributed by atoms with van der Waals surface area (Å²) in [5.41, 5.74) is 3.11. The first kappa shape index (κ1) is 12.1. The van der Waals surface area contributed by atoms with Crippen molar-refractivity contribution in [3.63, 3.8) is 0 Å². The fourth-order valence-electron chi connectivity index (χ4n) is 3.18. The maximum atomic E-state index is 12.7. The lowest BCUT2D eigenvalue weighted by molar-refractivity contribution is 0.0958. The average Bonchev–Trinajstić information content (AvgIpc) is 2.74. The number of nitrogens with zero attached hydrogens (tertiary/aromatic N) is 1. The van der Waals surface area contributed by atoms with E-state index in [0.29, 0.717) is 5.92 Å². The van der Waals surface area contributed by atoms with Gasteiger partial charge in [0.15, 0.2) is 5.78 Å².